The smallest absolute Gasteiger partial charge is 0.0325 e. The Balaban J connectivity index is 2.95. The third-order valence-corrected chi connectivity index (χ3v) is 3.85. The Morgan fingerprint density at radius 1 is 1.11 bits per heavy atom. The molecule has 0 amide bonds. The van der Waals surface area contributed by atoms with Crippen LogP contribution in [0.4, 0.5) is 0 Å². The number of benzene rings is 1. The van der Waals surface area contributed by atoms with Crippen molar-refractivity contribution in [2.75, 3.05) is 7.05 Å². The molecule has 0 aliphatic carbocycles. The average molecular weight is 247 g/mol. The largest absolute Gasteiger partial charge is 0.313 e. The summed E-state index contributed by atoms with van der Waals surface area (Å²) in [6, 6.07) is 5.10. The molecule has 1 nitrogen and oxygen atoms in total. The number of aryl methyl sites for hydroxylation is 3. The summed E-state index contributed by atoms with van der Waals surface area (Å²) in [7, 11) is 2.09. The van der Waals surface area contributed by atoms with E-state index in [1.165, 1.54) is 41.5 Å². The summed E-state index contributed by atoms with van der Waals surface area (Å²) in [6.45, 7) is 11.3. The first-order valence-electron chi connectivity index (χ1n) is 7.24. The molecule has 0 aromatic heterocycles. The van der Waals surface area contributed by atoms with Crippen molar-refractivity contribution in [1.29, 1.82) is 0 Å². The van der Waals surface area contributed by atoms with E-state index in [1.54, 1.807) is 0 Å². The first-order valence-corrected chi connectivity index (χ1v) is 7.24. The second-order valence-electron chi connectivity index (χ2n) is 5.78. The van der Waals surface area contributed by atoms with E-state index in [9.17, 15) is 0 Å². The highest BCUT2D eigenvalue weighted by Gasteiger charge is 2.17. The minimum absolute atomic E-state index is 0.493. The molecule has 0 aliphatic rings. The lowest BCUT2D eigenvalue weighted by Crippen LogP contribution is -2.21. The van der Waals surface area contributed by atoms with Gasteiger partial charge in [0.25, 0.3) is 0 Å². The highest BCUT2D eigenvalue weighted by Crippen LogP contribution is 2.29. The first kappa shape index (κ1) is 15.2. The van der Waals surface area contributed by atoms with Gasteiger partial charge >= 0.3 is 0 Å². The monoisotopic (exact) mass is 247 g/mol. The van der Waals surface area contributed by atoms with E-state index < -0.39 is 0 Å². The van der Waals surface area contributed by atoms with E-state index in [2.05, 4.69) is 59.1 Å². The van der Waals surface area contributed by atoms with E-state index in [1.807, 2.05) is 0 Å². The molecular weight excluding hydrogens is 218 g/mol. The highest BCUT2D eigenvalue weighted by atomic mass is 14.9. The topological polar surface area (TPSA) is 12.0 Å². The van der Waals surface area contributed by atoms with Gasteiger partial charge in [0.15, 0.2) is 0 Å². The molecule has 0 aliphatic heterocycles. The van der Waals surface area contributed by atoms with Gasteiger partial charge in [0.2, 0.25) is 0 Å². The van der Waals surface area contributed by atoms with Crippen LogP contribution in [0, 0.1) is 26.7 Å². The first-order chi connectivity index (χ1) is 8.49. The fourth-order valence-electron chi connectivity index (χ4n) is 3.13. The normalized spacial score (nSPS) is 14.6. The van der Waals surface area contributed by atoms with Gasteiger partial charge in [-0.1, -0.05) is 44.4 Å². The minimum atomic E-state index is 0.493. The fourth-order valence-corrected chi connectivity index (χ4v) is 3.13. The molecule has 18 heavy (non-hydrogen) atoms. The molecule has 1 aromatic carbocycles. The highest BCUT2D eigenvalue weighted by molar-refractivity contribution is 5.39. The maximum absolute atomic E-state index is 3.51. The van der Waals surface area contributed by atoms with Crippen LogP contribution in [-0.4, -0.2) is 7.05 Å². The molecule has 2 atom stereocenters. The molecular formula is C17H29N. The molecule has 1 rings (SSSR count). The Bertz CT molecular complexity index is 358. The Labute approximate surface area is 113 Å². The molecule has 1 aromatic rings. The van der Waals surface area contributed by atoms with E-state index in [-0.39, 0.29) is 0 Å². The summed E-state index contributed by atoms with van der Waals surface area (Å²) < 4.78 is 0. The van der Waals surface area contributed by atoms with Crippen LogP contribution < -0.4 is 5.32 Å². The van der Waals surface area contributed by atoms with Gasteiger partial charge in [0.05, 0.1) is 0 Å². The van der Waals surface area contributed by atoms with Gasteiger partial charge in [0, 0.05) is 6.04 Å². The molecule has 102 valence electrons. The van der Waals surface area contributed by atoms with E-state index in [4.69, 9.17) is 0 Å². The summed E-state index contributed by atoms with van der Waals surface area (Å²) in [4.78, 5) is 0. The van der Waals surface area contributed by atoms with Crippen molar-refractivity contribution in [2.45, 2.75) is 59.9 Å². The number of rotatable bonds is 6. The summed E-state index contributed by atoms with van der Waals surface area (Å²) in [5, 5.41) is 3.51. The Morgan fingerprint density at radius 2 is 1.67 bits per heavy atom. The van der Waals surface area contributed by atoms with Crippen LogP contribution in [0.15, 0.2) is 12.1 Å². The van der Waals surface area contributed by atoms with Gasteiger partial charge in [0.1, 0.15) is 0 Å². The molecule has 1 N–H and O–H groups in total. The third kappa shape index (κ3) is 3.84. The maximum atomic E-state index is 3.51. The van der Waals surface area contributed by atoms with Crippen molar-refractivity contribution in [3.05, 3.63) is 34.4 Å². The molecule has 0 bridgehead atoms. The van der Waals surface area contributed by atoms with Crippen molar-refractivity contribution >= 4 is 0 Å². The molecule has 2 unspecified atom stereocenters. The second-order valence-corrected chi connectivity index (χ2v) is 5.78. The van der Waals surface area contributed by atoms with Crippen molar-refractivity contribution in [3.63, 3.8) is 0 Å². The fraction of sp³-hybridized carbons (Fsp3) is 0.647. The zero-order valence-corrected chi connectivity index (χ0v) is 12.9. The van der Waals surface area contributed by atoms with Crippen LogP contribution in [0.5, 0.6) is 0 Å². The predicted molar refractivity (Wildman–Crippen MR) is 81.1 cm³/mol. The van der Waals surface area contributed by atoms with E-state index >= 15 is 0 Å². The lowest BCUT2D eigenvalue weighted by molar-refractivity contribution is 0.405. The zero-order valence-electron chi connectivity index (χ0n) is 12.9. The van der Waals surface area contributed by atoms with Crippen LogP contribution in [0.3, 0.4) is 0 Å². The molecule has 0 saturated carbocycles. The minimum Gasteiger partial charge on any atom is -0.313 e. The summed E-state index contributed by atoms with van der Waals surface area (Å²) in [5.74, 6) is 0.785. The lowest BCUT2D eigenvalue weighted by Gasteiger charge is -2.24. The summed E-state index contributed by atoms with van der Waals surface area (Å²) >= 11 is 0. The predicted octanol–water partition coefficient (Wildman–Crippen LogP) is 4.70. The molecule has 0 spiro atoms. The van der Waals surface area contributed by atoms with Gasteiger partial charge in [-0.25, -0.2) is 0 Å². The van der Waals surface area contributed by atoms with Crippen molar-refractivity contribution in [1.82, 2.24) is 5.32 Å². The average Bonchev–Trinajstić information content (AvgIpc) is 2.26. The quantitative estimate of drug-likeness (QED) is 0.768. The van der Waals surface area contributed by atoms with Gasteiger partial charge in [-0.15, -0.1) is 0 Å². The Kier molecular flexibility index (Phi) is 5.87. The van der Waals surface area contributed by atoms with Crippen LogP contribution in [0.25, 0.3) is 0 Å². The zero-order chi connectivity index (χ0) is 13.7. The lowest BCUT2D eigenvalue weighted by atomic mass is 9.87. The molecule has 0 heterocycles. The number of hydrogen-bond donors (Lipinski definition) is 1. The van der Waals surface area contributed by atoms with Crippen LogP contribution in [0.1, 0.15) is 61.4 Å². The molecule has 0 fully saturated rings. The SMILES string of the molecule is CCCC(C)CC(NC)c1c(C)cc(C)cc1C. The van der Waals surface area contributed by atoms with E-state index in [0.29, 0.717) is 6.04 Å². The van der Waals surface area contributed by atoms with Gasteiger partial charge in [-0.05, 0) is 56.8 Å². The Hall–Kier alpha value is -0.820. The van der Waals surface area contributed by atoms with Crippen molar-refractivity contribution < 1.29 is 0 Å². The molecule has 0 saturated heterocycles. The third-order valence-electron chi connectivity index (χ3n) is 3.85. The maximum Gasteiger partial charge on any atom is 0.0325 e. The standard InChI is InChI=1S/C17H29N/c1-7-8-12(2)11-16(18-6)17-14(4)9-13(3)10-15(17)5/h9-10,12,16,18H,7-8,11H2,1-6H3. The summed E-state index contributed by atoms with van der Waals surface area (Å²) in [5.41, 5.74) is 5.72. The van der Waals surface area contributed by atoms with Gasteiger partial charge < -0.3 is 5.32 Å². The Morgan fingerprint density at radius 3 is 2.11 bits per heavy atom. The molecule has 1 heteroatoms. The van der Waals surface area contributed by atoms with Crippen LogP contribution in [-0.2, 0) is 0 Å². The van der Waals surface area contributed by atoms with Crippen LogP contribution >= 0.6 is 0 Å². The van der Waals surface area contributed by atoms with Crippen molar-refractivity contribution in [2.24, 2.45) is 5.92 Å². The number of hydrogen-bond acceptors (Lipinski definition) is 1. The number of nitrogens with one attached hydrogen (secondary N) is 1. The van der Waals surface area contributed by atoms with Crippen molar-refractivity contribution in [3.8, 4) is 0 Å². The van der Waals surface area contributed by atoms with Gasteiger partial charge in [-0.3, -0.25) is 0 Å². The van der Waals surface area contributed by atoms with Crippen LogP contribution in [0.2, 0.25) is 0 Å². The summed E-state index contributed by atoms with van der Waals surface area (Å²) in [6.07, 6.45) is 3.83. The second kappa shape index (κ2) is 6.94. The van der Waals surface area contributed by atoms with E-state index in [0.717, 1.165) is 5.92 Å². The van der Waals surface area contributed by atoms with Gasteiger partial charge in [-0.2, -0.15) is 0 Å². The molecule has 0 radical (unpaired) electrons.